The third kappa shape index (κ3) is 7.17. The molecule has 2 aromatic carbocycles. The summed E-state index contributed by atoms with van der Waals surface area (Å²) in [6.45, 7) is 10.7. The van der Waals surface area contributed by atoms with Crippen LogP contribution in [0.15, 0.2) is 42.5 Å². The molecule has 1 amide bonds. The number of hydrogen-bond acceptors (Lipinski definition) is 4. The third-order valence-corrected chi connectivity index (χ3v) is 5.28. The van der Waals surface area contributed by atoms with Crippen LogP contribution in [0.2, 0.25) is 5.02 Å². The molecule has 2 rings (SSSR count). The Balaban J connectivity index is 2.08. The topological polar surface area (TPSA) is 59.4 Å². The van der Waals surface area contributed by atoms with Crippen LogP contribution in [0.5, 0.6) is 0 Å². The van der Waals surface area contributed by atoms with Crippen LogP contribution in [0, 0.1) is 18.3 Å². The summed E-state index contributed by atoms with van der Waals surface area (Å²) in [4.78, 5) is 17.2. The van der Waals surface area contributed by atoms with Gasteiger partial charge in [0.1, 0.15) is 0 Å². The zero-order valence-electron chi connectivity index (χ0n) is 17.4. The van der Waals surface area contributed by atoms with Crippen LogP contribution in [0.1, 0.15) is 30.5 Å². The molecule has 0 aromatic heterocycles. The van der Waals surface area contributed by atoms with E-state index in [-0.39, 0.29) is 12.5 Å². The molecule has 154 valence electrons. The van der Waals surface area contributed by atoms with E-state index in [2.05, 4.69) is 35.0 Å². The van der Waals surface area contributed by atoms with E-state index in [1.54, 1.807) is 6.07 Å². The van der Waals surface area contributed by atoms with Crippen molar-refractivity contribution in [1.82, 2.24) is 9.80 Å². The first-order valence-electron chi connectivity index (χ1n) is 9.95. The highest BCUT2D eigenvalue weighted by molar-refractivity contribution is 6.33. The standard InChI is InChI=1S/C23H29ClN4O/c1-4-27(5-2)13-14-28(16-20-11-9-19(15-25)10-12-20)17-22(29)26-23-18(3)7-6-8-21(23)24/h6-12H,4-5,13-14,16-17H2,1-3H3,(H,26,29). The Hall–Kier alpha value is -2.39. The van der Waals surface area contributed by atoms with Crippen molar-refractivity contribution in [2.45, 2.75) is 27.3 Å². The molecule has 0 bridgehead atoms. The van der Waals surface area contributed by atoms with Gasteiger partial charge in [0.15, 0.2) is 0 Å². The smallest absolute Gasteiger partial charge is 0.238 e. The molecule has 0 aliphatic heterocycles. The molecule has 0 saturated heterocycles. The van der Waals surface area contributed by atoms with Gasteiger partial charge in [-0.05, 0) is 49.3 Å². The monoisotopic (exact) mass is 412 g/mol. The van der Waals surface area contributed by atoms with Gasteiger partial charge >= 0.3 is 0 Å². The van der Waals surface area contributed by atoms with Crippen LogP contribution in [-0.4, -0.2) is 48.4 Å². The minimum Gasteiger partial charge on any atom is -0.323 e. The summed E-state index contributed by atoms with van der Waals surface area (Å²) in [5.74, 6) is -0.0885. The number of benzene rings is 2. The van der Waals surface area contributed by atoms with E-state index in [4.69, 9.17) is 16.9 Å². The van der Waals surface area contributed by atoms with Crippen LogP contribution in [0.3, 0.4) is 0 Å². The normalized spacial score (nSPS) is 10.9. The number of likely N-dealkylation sites (N-methyl/N-ethyl adjacent to an activating group) is 1. The zero-order chi connectivity index (χ0) is 21.2. The Morgan fingerprint density at radius 3 is 2.31 bits per heavy atom. The van der Waals surface area contributed by atoms with Crippen molar-refractivity contribution in [2.24, 2.45) is 0 Å². The summed E-state index contributed by atoms with van der Waals surface area (Å²) in [6.07, 6.45) is 0. The lowest BCUT2D eigenvalue weighted by Crippen LogP contribution is -2.39. The Morgan fingerprint density at radius 1 is 1.07 bits per heavy atom. The molecule has 0 unspecified atom stereocenters. The van der Waals surface area contributed by atoms with Crippen LogP contribution < -0.4 is 5.32 Å². The van der Waals surface area contributed by atoms with Gasteiger partial charge in [-0.25, -0.2) is 0 Å². The maximum Gasteiger partial charge on any atom is 0.238 e. The Labute approximate surface area is 178 Å². The van der Waals surface area contributed by atoms with Gasteiger partial charge in [0.2, 0.25) is 5.91 Å². The fourth-order valence-corrected chi connectivity index (χ4v) is 3.42. The fourth-order valence-electron chi connectivity index (χ4n) is 3.15. The van der Waals surface area contributed by atoms with Crippen LogP contribution in [-0.2, 0) is 11.3 Å². The third-order valence-electron chi connectivity index (χ3n) is 4.97. The molecule has 0 aliphatic carbocycles. The molecule has 1 N–H and O–H groups in total. The quantitative estimate of drug-likeness (QED) is 0.631. The maximum atomic E-state index is 12.7. The van der Waals surface area contributed by atoms with Crippen LogP contribution in [0.25, 0.3) is 0 Å². The first kappa shape index (κ1) is 22.9. The fraction of sp³-hybridized carbons (Fsp3) is 0.391. The van der Waals surface area contributed by atoms with Gasteiger partial charge in [-0.1, -0.05) is 49.7 Å². The molecular weight excluding hydrogens is 384 g/mol. The van der Waals surface area contributed by atoms with Crippen molar-refractivity contribution in [3.63, 3.8) is 0 Å². The van der Waals surface area contributed by atoms with Gasteiger partial charge in [-0.15, -0.1) is 0 Å². The molecule has 5 nitrogen and oxygen atoms in total. The minimum absolute atomic E-state index is 0.0885. The van der Waals surface area contributed by atoms with Gasteiger partial charge < -0.3 is 10.2 Å². The number of anilines is 1. The van der Waals surface area contributed by atoms with Crippen molar-refractivity contribution >= 4 is 23.2 Å². The number of para-hydroxylation sites is 1. The largest absolute Gasteiger partial charge is 0.323 e. The van der Waals surface area contributed by atoms with Gasteiger partial charge in [-0.3, -0.25) is 9.69 Å². The second kappa shape index (κ2) is 11.6. The molecule has 0 fully saturated rings. The Kier molecular flexibility index (Phi) is 9.14. The maximum absolute atomic E-state index is 12.7. The number of nitriles is 1. The number of hydrogen-bond donors (Lipinski definition) is 1. The molecular formula is C23H29ClN4O. The molecule has 29 heavy (non-hydrogen) atoms. The van der Waals surface area contributed by atoms with Crippen molar-refractivity contribution in [3.05, 3.63) is 64.2 Å². The molecule has 6 heteroatoms. The number of carbonyl (C=O) groups excluding carboxylic acids is 1. The summed E-state index contributed by atoms with van der Waals surface area (Å²) in [5.41, 5.74) is 3.31. The highest BCUT2D eigenvalue weighted by Gasteiger charge is 2.15. The Morgan fingerprint density at radius 2 is 1.72 bits per heavy atom. The van der Waals surface area contributed by atoms with Gasteiger partial charge in [0, 0.05) is 19.6 Å². The molecule has 0 aliphatic rings. The molecule has 0 saturated carbocycles. The van der Waals surface area contributed by atoms with E-state index in [1.807, 2.05) is 43.3 Å². The van der Waals surface area contributed by atoms with Crippen molar-refractivity contribution in [1.29, 1.82) is 5.26 Å². The average molecular weight is 413 g/mol. The van der Waals surface area contributed by atoms with Crippen molar-refractivity contribution in [2.75, 3.05) is 38.0 Å². The molecule has 0 spiro atoms. The van der Waals surface area contributed by atoms with E-state index >= 15 is 0 Å². The average Bonchev–Trinajstić information content (AvgIpc) is 2.72. The Bertz CT molecular complexity index is 821. The lowest BCUT2D eigenvalue weighted by Gasteiger charge is -2.26. The van der Waals surface area contributed by atoms with Crippen LogP contribution >= 0.6 is 11.6 Å². The lowest BCUT2D eigenvalue weighted by atomic mass is 10.1. The number of halogens is 1. The van der Waals surface area contributed by atoms with Gasteiger partial charge in [0.25, 0.3) is 0 Å². The highest BCUT2D eigenvalue weighted by atomic mass is 35.5. The number of aryl methyl sites for hydroxylation is 1. The second-order valence-electron chi connectivity index (χ2n) is 7.03. The molecule has 0 radical (unpaired) electrons. The summed E-state index contributed by atoms with van der Waals surface area (Å²) in [6, 6.07) is 15.2. The van der Waals surface area contributed by atoms with Crippen molar-refractivity contribution < 1.29 is 4.79 Å². The van der Waals surface area contributed by atoms with Crippen molar-refractivity contribution in [3.8, 4) is 6.07 Å². The zero-order valence-corrected chi connectivity index (χ0v) is 18.2. The number of rotatable bonds is 10. The summed E-state index contributed by atoms with van der Waals surface area (Å²) in [7, 11) is 0. The van der Waals surface area contributed by atoms with E-state index < -0.39 is 0 Å². The minimum atomic E-state index is -0.0885. The molecule has 2 aromatic rings. The lowest BCUT2D eigenvalue weighted by molar-refractivity contribution is -0.117. The second-order valence-corrected chi connectivity index (χ2v) is 7.43. The van der Waals surface area contributed by atoms with E-state index in [0.29, 0.717) is 22.8 Å². The highest BCUT2D eigenvalue weighted by Crippen LogP contribution is 2.25. The van der Waals surface area contributed by atoms with E-state index in [9.17, 15) is 4.79 Å². The van der Waals surface area contributed by atoms with Gasteiger partial charge in [-0.2, -0.15) is 5.26 Å². The first-order valence-corrected chi connectivity index (χ1v) is 10.3. The predicted molar refractivity (Wildman–Crippen MR) is 119 cm³/mol. The number of amides is 1. The number of nitrogens with one attached hydrogen (secondary N) is 1. The van der Waals surface area contributed by atoms with Crippen LogP contribution in [0.4, 0.5) is 5.69 Å². The summed E-state index contributed by atoms with van der Waals surface area (Å²) >= 11 is 6.25. The first-order chi connectivity index (χ1) is 14.0. The van der Waals surface area contributed by atoms with Gasteiger partial charge in [0.05, 0.1) is 28.9 Å². The summed E-state index contributed by atoms with van der Waals surface area (Å²) < 4.78 is 0. The molecule has 0 atom stereocenters. The predicted octanol–water partition coefficient (Wildman–Crippen LogP) is 4.30. The number of carbonyl (C=O) groups is 1. The number of nitrogens with zero attached hydrogens (tertiary/aromatic N) is 3. The van der Waals surface area contributed by atoms with E-state index in [0.717, 1.165) is 37.3 Å². The van der Waals surface area contributed by atoms with E-state index in [1.165, 1.54) is 0 Å². The summed E-state index contributed by atoms with van der Waals surface area (Å²) in [5, 5.41) is 12.5. The SMILES string of the molecule is CCN(CC)CCN(CC(=O)Nc1c(C)cccc1Cl)Cc1ccc(C#N)cc1. The molecule has 0 heterocycles.